The maximum atomic E-state index is 12.6. The van der Waals surface area contributed by atoms with Gasteiger partial charge in [-0.1, -0.05) is 12.1 Å². The van der Waals surface area contributed by atoms with Gasteiger partial charge < -0.3 is 24.7 Å². The van der Waals surface area contributed by atoms with E-state index in [2.05, 4.69) is 10.6 Å². The van der Waals surface area contributed by atoms with Gasteiger partial charge in [0.2, 0.25) is 5.78 Å². The largest absolute Gasteiger partial charge is 0.454 e. The number of aryl methyl sites for hydroxylation is 1. The van der Waals surface area contributed by atoms with Crippen LogP contribution in [-0.2, 0) is 22.6 Å². The number of nitrogens with one attached hydrogen (secondary N) is 2. The maximum Gasteiger partial charge on any atom is 0.338 e. The van der Waals surface area contributed by atoms with Gasteiger partial charge >= 0.3 is 12.0 Å². The molecule has 0 atom stereocenters. The maximum absolute atomic E-state index is 12.6. The van der Waals surface area contributed by atoms with Crippen LogP contribution >= 0.6 is 0 Å². The molecule has 0 unspecified atom stereocenters. The van der Waals surface area contributed by atoms with Gasteiger partial charge in [0.1, 0.15) is 0 Å². The normalized spacial score (nSPS) is 10.8. The van der Waals surface area contributed by atoms with Gasteiger partial charge in [-0.25, -0.2) is 9.59 Å². The molecule has 1 aromatic heterocycles. The van der Waals surface area contributed by atoms with Crippen molar-refractivity contribution >= 4 is 17.8 Å². The first-order chi connectivity index (χ1) is 14.7. The van der Waals surface area contributed by atoms with Gasteiger partial charge in [0.05, 0.1) is 12.2 Å². The standard InChI is InChI=1S/C23H31N3O5/c1-15(2)25-23(29)24-13-18-6-8-19(9-7-18)22(28)31-14-21(27)20-12-16(3)26(17(20)4)10-11-30-5/h6-9,12,15H,10-11,13-14H2,1-5H3,(H2,24,25,29). The Morgan fingerprint density at radius 3 is 2.39 bits per heavy atom. The van der Waals surface area contributed by atoms with Gasteiger partial charge in [0, 0.05) is 43.2 Å². The number of rotatable bonds is 10. The summed E-state index contributed by atoms with van der Waals surface area (Å²) in [6, 6.07) is 8.30. The molecule has 2 N–H and O–H groups in total. The Bertz CT molecular complexity index is 916. The fraction of sp³-hybridized carbons (Fsp3) is 0.435. The van der Waals surface area contributed by atoms with E-state index >= 15 is 0 Å². The SMILES string of the molecule is COCCn1c(C)cc(C(=O)COC(=O)c2ccc(CNC(=O)NC(C)C)cc2)c1C. The van der Waals surface area contributed by atoms with E-state index in [1.54, 1.807) is 37.4 Å². The minimum absolute atomic E-state index is 0.0523. The molecule has 0 spiro atoms. The van der Waals surface area contributed by atoms with E-state index < -0.39 is 5.97 Å². The molecule has 0 bridgehead atoms. The van der Waals surface area contributed by atoms with Crippen LogP contribution in [0.4, 0.5) is 4.79 Å². The fourth-order valence-electron chi connectivity index (χ4n) is 3.16. The summed E-state index contributed by atoms with van der Waals surface area (Å²) in [5.74, 6) is -0.819. The predicted octanol–water partition coefficient (Wildman–Crippen LogP) is 3.00. The molecule has 0 fully saturated rings. The zero-order valence-corrected chi connectivity index (χ0v) is 18.8. The molecule has 0 aliphatic rings. The third kappa shape index (κ3) is 6.96. The number of nitrogens with zero attached hydrogens (tertiary/aromatic N) is 1. The van der Waals surface area contributed by atoms with Crippen molar-refractivity contribution in [2.45, 2.75) is 46.8 Å². The number of hydrogen-bond donors (Lipinski definition) is 2. The van der Waals surface area contributed by atoms with Crippen LogP contribution in [0.1, 0.15) is 51.5 Å². The van der Waals surface area contributed by atoms with Crippen LogP contribution in [0.2, 0.25) is 0 Å². The van der Waals surface area contributed by atoms with Crippen LogP contribution in [-0.4, -0.2) is 48.7 Å². The van der Waals surface area contributed by atoms with Crippen LogP contribution < -0.4 is 10.6 Å². The Morgan fingerprint density at radius 1 is 1.10 bits per heavy atom. The lowest BCUT2D eigenvalue weighted by Gasteiger charge is -2.10. The molecule has 0 saturated heterocycles. The van der Waals surface area contributed by atoms with Crippen LogP contribution in [0.5, 0.6) is 0 Å². The number of amides is 2. The molecular formula is C23H31N3O5. The number of carbonyl (C=O) groups is 3. The van der Waals surface area contributed by atoms with Crippen molar-refractivity contribution in [2.75, 3.05) is 20.3 Å². The highest BCUT2D eigenvalue weighted by molar-refractivity contribution is 6.00. The average Bonchev–Trinajstić information content (AvgIpc) is 3.02. The first-order valence-electron chi connectivity index (χ1n) is 10.2. The molecule has 8 heteroatoms. The molecule has 2 aromatic rings. The number of ketones is 1. The molecule has 0 radical (unpaired) electrons. The molecule has 168 valence electrons. The predicted molar refractivity (Wildman–Crippen MR) is 117 cm³/mol. The van der Waals surface area contributed by atoms with Gasteiger partial charge in [0.15, 0.2) is 6.61 Å². The number of Topliss-reactive ketones (excluding diaryl/α,β-unsaturated/α-hetero) is 1. The van der Waals surface area contributed by atoms with Gasteiger partial charge in [-0.2, -0.15) is 0 Å². The number of hydrogen-bond acceptors (Lipinski definition) is 5. The summed E-state index contributed by atoms with van der Waals surface area (Å²) in [6.07, 6.45) is 0. The summed E-state index contributed by atoms with van der Waals surface area (Å²) >= 11 is 0. The first kappa shape index (κ1) is 24.1. The monoisotopic (exact) mass is 429 g/mol. The highest BCUT2D eigenvalue weighted by Gasteiger charge is 2.18. The summed E-state index contributed by atoms with van der Waals surface area (Å²) in [5.41, 5.74) is 3.51. The lowest BCUT2D eigenvalue weighted by molar-refractivity contribution is 0.0474. The van der Waals surface area contributed by atoms with Gasteiger partial charge in [-0.3, -0.25) is 4.79 Å². The molecule has 31 heavy (non-hydrogen) atoms. The second-order valence-electron chi connectivity index (χ2n) is 7.61. The van der Waals surface area contributed by atoms with Gasteiger partial charge in [-0.15, -0.1) is 0 Å². The second-order valence-corrected chi connectivity index (χ2v) is 7.61. The van der Waals surface area contributed by atoms with Crippen molar-refractivity contribution in [3.63, 3.8) is 0 Å². The Hall–Kier alpha value is -3.13. The van der Waals surface area contributed by atoms with Gasteiger partial charge in [0.25, 0.3) is 0 Å². The van der Waals surface area contributed by atoms with E-state index in [-0.39, 0.29) is 24.5 Å². The molecule has 1 heterocycles. The highest BCUT2D eigenvalue weighted by Crippen LogP contribution is 2.16. The molecule has 2 amide bonds. The summed E-state index contributed by atoms with van der Waals surface area (Å²) in [7, 11) is 1.63. The second kappa shape index (κ2) is 11.3. The zero-order valence-electron chi connectivity index (χ0n) is 18.8. The smallest absolute Gasteiger partial charge is 0.338 e. The Balaban J connectivity index is 1.89. The number of aromatic nitrogens is 1. The molecule has 1 aromatic carbocycles. The van der Waals surface area contributed by atoms with Crippen molar-refractivity contribution in [2.24, 2.45) is 0 Å². The van der Waals surface area contributed by atoms with Crippen LogP contribution in [0.3, 0.4) is 0 Å². The Kier molecular flexibility index (Phi) is 8.81. The van der Waals surface area contributed by atoms with Crippen LogP contribution in [0.25, 0.3) is 0 Å². The number of carbonyl (C=O) groups excluding carboxylic acids is 3. The van der Waals surface area contributed by atoms with Crippen LogP contribution in [0, 0.1) is 13.8 Å². The van der Waals surface area contributed by atoms with Crippen molar-refractivity contribution in [3.05, 3.63) is 58.4 Å². The van der Waals surface area contributed by atoms with E-state index in [1.165, 1.54) is 0 Å². The molecule has 2 rings (SSSR count). The summed E-state index contributed by atoms with van der Waals surface area (Å²) in [4.78, 5) is 36.5. The highest BCUT2D eigenvalue weighted by atomic mass is 16.5. The Morgan fingerprint density at radius 2 is 1.77 bits per heavy atom. The third-order valence-electron chi connectivity index (χ3n) is 4.79. The fourth-order valence-corrected chi connectivity index (χ4v) is 3.16. The number of ether oxygens (including phenoxy) is 2. The van der Waals surface area contributed by atoms with Crippen molar-refractivity contribution in [1.29, 1.82) is 0 Å². The van der Waals surface area contributed by atoms with Crippen molar-refractivity contribution in [1.82, 2.24) is 15.2 Å². The summed E-state index contributed by atoms with van der Waals surface area (Å²) in [6.45, 7) is 8.76. The zero-order chi connectivity index (χ0) is 23.0. The summed E-state index contributed by atoms with van der Waals surface area (Å²) < 4.78 is 12.3. The minimum atomic E-state index is -0.571. The van der Waals surface area contributed by atoms with Crippen LogP contribution in [0.15, 0.2) is 30.3 Å². The lowest BCUT2D eigenvalue weighted by atomic mass is 10.1. The van der Waals surface area contributed by atoms with Gasteiger partial charge in [-0.05, 0) is 51.5 Å². The third-order valence-corrected chi connectivity index (χ3v) is 4.79. The van der Waals surface area contributed by atoms with E-state index in [9.17, 15) is 14.4 Å². The quantitative estimate of drug-likeness (QED) is 0.447. The minimum Gasteiger partial charge on any atom is -0.454 e. The molecule has 0 saturated carbocycles. The van der Waals surface area contributed by atoms with E-state index in [4.69, 9.17) is 9.47 Å². The van der Waals surface area contributed by atoms with Crippen molar-refractivity contribution < 1.29 is 23.9 Å². The average molecular weight is 430 g/mol. The molecular weight excluding hydrogens is 398 g/mol. The first-order valence-corrected chi connectivity index (χ1v) is 10.2. The molecule has 0 aliphatic heterocycles. The van der Waals surface area contributed by atoms with Crippen molar-refractivity contribution in [3.8, 4) is 0 Å². The molecule has 0 aliphatic carbocycles. The van der Waals surface area contributed by atoms with E-state index in [0.717, 1.165) is 17.0 Å². The number of urea groups is 1. The topological polar surface area (TPSA) is 98.7 Å². The number of esters is 1. The molecule has 8 nitrogen and oxygen atoms in total. The van der Waals surface area contributed by atoms with E-state index in [0.29, 0.717) is 30.8 Å². The Labute approximate surface area is 182 Å². The summed E-state index contributed by atoms with van der Waals surface area (Å²) in [5, 5.41) is 5.48. The number of benzene rings is 1. The van der Waals surface area contributed by atoms with E-state index in [1.807, 2.05) is 32.3 Å². The number of methoxy groups -OCH3 is 1. The lowest BCUT2D eigenvalue weighted by Crippen LogP contribution is -2.39.